The quantitative estimate of drug-likeness (QED) is 0.669. The molecule has 1 aromatic heterocycles. The molecule has 0 bridgehead atoms. The Morgan fingerprint density at radius 3 is 2.81 bits per heavy atom. The first-order chi connectivity index (χ1) is 10.3. The number of aryl methyl sites for hydroxylation is 1. The number of fused-ring (bicyclic) bond motifs is 1. The Hall–Kier alpha value is -0.870. The van der Waals surface area contributed by atoms with Crippen molar-refractivity contribution < 1.29 is 4.79 Å². The van der Waals surface area contributed by atoms with Gasteiger partial charge in [-0.15, -0.1) is 11.3 Å². The molecule has 3 rings (SSSR count). The van der Waals surface area contributed by atoms with Crippen LogP contribution in [0.2, 0.25) is 0 Å². The average molecular weight is 306 g/mol. The molecule has 116 valence electrons. The third-order valence-electron chi connectivity index (χ3n) is 4.69. The molecule has 0 atom stereocenters. The topological polar surface area (TPSA) is 32.3 Å². The molecule has 1 amide bonds. The highest BCUT2D eigenvalue weighted by Crippen LogP contribution is 2.29. The van der Waals surface area contributed by atoms with Crippen LogP contribution in [0.3, 0.4) is 0 Å². The molecule has 1 aliphatic heterocycles. The number of hydrogen-bond donors (Lipinski definition) is 1. The van der Waals surface area contributed by atoms with E-state index < -0.39 is 0 Å². The SMILES string of the molecule is O=C(NCCCN1CCCC1)c1csc2c1CCCCC2. The summed E-state index contributed by atoms with van der Waals surface area (Å²) in [5, 5.41) is 5.20. The van der Waals surface area contributed by atoms with Gasteiger partial charge in [-0.2, -0.15) is 0 Å². The monoisotopic (exact) mass is 306 g/mol. The summed E-state index contributed by atoms with van der Waals surface area (Å²) in [5.74, 6) is 0.149. The predicted molar refractivity (Wildman–Crippen MR) is 88.2 cm³/mol. The van der Waals surface area contributed by atoms with Crippen LogP contribution >= 0.6 is 11.3 Å². The molecule has 1 fully saturated rings. The van der Waals surface area contributed by atoms with Crippen LogP contribution in [0, 0.1) is 0 Å². The average Bonchev–Trinajstić information content (AvgIpc) is 3.09. The van der Waals surface area contributed by atoms with Crippen molar-refractivity contribution in [2.75, 3.05) is 26.2 Å². The molecule has 1 N–H and O–H groups in total. The molecule has 0 unspecified atom stereocenters. The third-order valence-corrected chi connectivity index (χ3v) is 5.78. The van der Waals surface area contributed by atoms with Gasteiger partial charge in [0.1, 0.15) is 0 Å². The maximum atomic E-state index is 12.4. The van der Waals surface area contributed by atoms with Crippen molar-refractivity contribution in [2.45, 2.75) is 51.4 Å². The van der Waals surface area contributed by atoms with Gasteiger partial charge in [0.2, 0.25) is 0 Å². The first-order valence-corrected chi connectivity index (χ1v) is 9.32. The molecule has 1 aromatic rings. The normalized spacial score (nSPS) is 19.2. The third kappa shape index (κ3) is 3.86. The Balaban J connectivity index is 1.47. The lowest BCUT2D eigenvalue weighted by Crippen LogP contribution is -2.29. The van der Waals surface area contributed by atoms with Gasteiger partial charge < -0.3 is 10.2 Å². The van der Waals surface area contributed by atoms with Crippen molar-refractivity contribution in [1.29, 1.82) is 0 Å². The molecule has 0 radical (unpaired) electrons. The number of carbonyl (C=O) groups is 1. The van der Waals surface area contributed by atoms with Crippen LogP contribution < -0.4 is 5.32 Å². The first-order valence-electron chi connectivity index (χ1n) is 8.44. The van der Waals surface area contributed by atoms with Gasteiger partial charge in [0.05, 0.1) is 5.56 Å². The summed E-state index contributed by atoms with van der Waals surface area (Å²) in [7, 11) is 0. The van der Waals surface area contributed by atoms with Gasteiger partial charge in [0.25, 0.3) is 5.91 Å². The summed E-state index contributed by atoms with van der Waals surface area (Å²) in [5.41, 5.74) is 2.30. The molecule has 0 spiro atoms. The van der Waals surface area contributed by atoms with E-state index >= 15 is 0 Å². The maximum absolute atomic E-state index is 12.4. The minimum atomic E-state index is 0.149. The van der Waals surface area contributed by atoms with Gasteiger partial charge >= 0.3 is 0 Å². The molecule has 0 saturated carbocycles. The summed E-state index contributed by atoms with van der Waals surface area (Å²) in [6, 6.07) is 0. The smallest absolute Gasteiger partial charge is 0.252 e. The highest BCUT2D eigenvalue weighted by Gasteiger charge is 2.19. The Morgan fingerprint density at radius 1 is 1.14 bits per heavy atom. The van der Waals surface area contributed by atoms with Crippen molar-refractivity contribution in [1.82, 2.24) is 10.2 Å². The summed E-state index contributed by atoms with van der Waals surface area (Å²) in [4.78, 5) is 16.3. The van der Waals surface area contributed by atoms with Crippen molar-refractivity contribution in [3.8, 4) is 0 Å². The fourth-order valence-electron chi connectivity index (χ4n) is 3.47. The number of likely N-dealkylation sites (tertiary alicyclic amines) is 1. The summed E-state index contributed by atoms with van der Waals surface area (Å²) in [6.45, 7) is 4.42. The number of hydrogen-bond acceptors (Lipinski definition) is 3. The molecule has 1 saturated heterocycles. The standard InChI is InChI=1S/C17H26N2OS/c20-17(18-9-6-12-19-10-4-5-11-19)15-13-21-16-8-3-1-2-7-14(15)16/h13H,1-12H2,(H,18,20). The van der Waals surface area contributed by atoms with Crippen LogP contribution in [0.5, 0.6) is 0 Å². The van der Waals surface area contributed by atoms with Crippen LogP contribution in [0.25, 0.3) is 0 Å². The lowest BCUT2D eigenvalue weighted by molar-refractivity contribution is 0.0951. The second-order valence-corrected chi connectivity index (χ2v) is 7.23. The van der Waals surface area contributed by atoms with Gasteiger partial charge in [-0.1, -0.05) is 6.42 Å². The zero-order valence-electron chi connectivity index (χ0n) is 12.8. The molecule has 21 heavy (non-hydrogen) atoms. The largest absolute Gasteiger partial charge is 0.352 e. The highest BCUT2D eigenvalue weighted by molar-refractivity contribution is 7.10. The van der Waals surface area contributed by atoms with Crippen LogP contribution in [0.4, 0.5) is 0 Å². The predicted octanol–water partition coefficient (Wildman–Crippen LogP) is 3.23. The van der Waals surface area contributed by atoms with Gasteiger partial charge in [0, 0.05) is 16.8 Å². The van der Waals surface area contributed by atoms with Gasteiger partial charge in [-0.05, 0) is 70.1 Å². The van der Waals surface area contributed by atoms with Crippen molar-refractivity contribution >= 4 is 17.2 Å². The highest BCUT2D eigenvalue weighted by atomic mass is 32.1. The van der Waals surface area contributed by atoms with E-state index in [2.05, 4.69) is 15.6 Å². The minimum absolute atomic E-state index is 0.149. The van der Waals surface area contributed by atoms with Crippen LogP contribution in [0.15, 0.2) is 5.38 Å². The number of thiophene rings is 1. The van der Waals surface area contributed by atoms with Crippen molar-refractivity contribution in [3.63, 3.8) is 0 Å². The molecular formula is C17H26N2OS. The van der Waals surface area contributed by atoms with Crippen molar-refractivity contribution in [3.05, 3.63) is 21.4 Å². The van der Waals surface area contributed by atoms with Crippen molar-refractivity contribution in [2.24, 2.45) is 0 Å². The lowest BCUT2D eigenvalue weighted by Gasteiger charge is -2.14. The molecule has 4 heteroatoms. The zero-order chi connectivity index (χ0) is 14.5. The number of amides is 1. The van der Waals surface area contributed by atoms with Crippen LogP contribution in [-0.2, 0) is 12.8 Å². The first kappa shape index (κ1) is 15.0. The zero-order valence-corrected chi connectivity index (χ0v) is 13.6. The molecular weight excluding hydrogens is 280 g/mol. The number of carbonyl (C=O) groups excluding carboxylic acids is 1. The number of rotatable bonds is 5. The summed E-state index contributed by atoms with van der Waals surface area (Å²) in [6.07, 6.45) is 9.83. The number of nitrogens with one attached hydrogen (secondary N) is 1. The van der Waals surface area contributed by atoms with E-state index in [9.17, 15) is 4.79 Å². The van der Waals surface area contributed by atoms with E-state index in [0.717, 1.165) is 31.5 Å². The molecule has 2 aliphatic rings. The Labute approximate surface area is 131 Å². The van der Waals surface area contributed by atoms with Crippen LogP contribution in [0.1, 0.15) is 59.3 Å². The Morgan fingerprint density at radius 2 is 1.95 bits per heavy atom. The van der Waals surface area contributed by atoms with E-state index in [-0.39, 0.29) is 5.91 Å². The van der Waals surface area contributed by atoms with Crippen LogP contribution in [-0.4, -0.2) is 37.0 Å². The Bertz CT molecular complexity index is 477. The Kier molecular flexibility index (Phi) is 5.31. The summed E-state index contributed by atoms with van der Waals surface area (Å²) < 4.78 is 0. The molecule has 1 aliphatic carbocycles. The van der Waals surface area contributed by atoms with Gasteiger partial charge in [-0.3, -0.25) is 4.79 Å². The van der Waals surface area contributed by atoms with Gasteiger partial charge in [-0.25, -0.2) is 0 Å². The van der Waals surface area contributed by atoms with E-state index in [0.29, 0.717) is 0 Å². The fourth-order valence-corrected chi connectivity index (χ4v) is 4.59. The number of nitrogens with zero attached hydrogens (tertiary/aromatic N) is 1. The maximum Gasteiger partial charge on any atom is 0.252 e. The lowest BCUT2D eigenvalue weighted by atomic mass is 10.1. The second-order valence-electron chi connectivity index (χ2n) is 6.27. The van der Waals surface area contributed by atoms with E-state index in [4.69, 9.17) is 0 Å². The van der Waals surface area contributed by atoms with E-state index in [1.54, 1.807) is 11.3 Å². The molecule has 3 nitrogen and oxygen atoms in total. The minimum Gasteiger partial charge on any atom is -0.352 e. The molecule has 2 heterocycles. The van der Waals surface area contributed by atoms with Gasteiger partial charge in [0.15, 0.2) is 0 Å². The van der Waals surface area contributed by atoms with E-state index in [1.165, 1.54) is 62.1 Å². The van der Waals surface area contributed by atoms with E-state index in [1.807, 2.05) is 0 Å². The fraction of sp³-hybridized carbons (Fsp3) is 0.706. The molecule has 0 aromatic carbocycles. The second kappa shape index (κ2) is 7.41. The summed E-state index contributed by atoms with van der Waals surface area (Å²) >= 11 is 1.78.